The molecule has 2 heterocycles. The van der Waals surface area contributed by atoms with E-state index < -0.39 is 0 Å². The van der Waals surface area contributed by atoms with Crippen LogP contribution in [0.5, 0.6) is 0 Å². The van der Waals surface area contributed by atoms with Gasteiger partial charge in [0.1, 0.15) is 5.69 Å². The Kier molecular flexibility index (Phi) is 3.05. The van der Waals surface area contributed by atoms with Crippen molar-refractivity contribution in [3.63, 3.8) is 0 Å². The molecule has 1 fully saturated rings. The summed E-state index contributed by atoms with van der Waals surface area (Å²) in [5, 5.41) is 0. The van der Waals surface area contributed by atoms with E-state index in [1.165, 1.54) is 6.07 Å². The van der Waals surface area contributed by atoms with Crippen LogP contribution in [0.2, 0.25) is 0 Å². The molecule has 0 aliphatic carbocycles. The number of aromatic amines is 1. The maximum atomic E-state index is 12.1. The van der Waals surface area contributed by atoms with Gasteiger partial charge in [-0.05, 0) is 18.9 Å². The van der Waals surface area contributed by atoms with Crippen LogP contribution in [0.25, 0.3) is 0 Å². The molecule has 1 aromatic heterocycles. The molecule has 1 aromatic rings. The number of aromatic nitrogens is 1. The highest BCUT2D eigenvalue weighted by Crippen LogP contribution is 2.18. The topological polar surface area (TPSA) is 79.2 Å². The van der Waals surface area contributed by atoms with Crippen molar-refractivity contribution in [1.82, 2.24) is 9.88 Å². The van der Waals surface area contributed by atoms with Crippen LogP contribution >= 0.6 is 0 Å². The molecule has 16 heavy (non-hydrogen) atoms. The van der Waals surface area contributed by atoms with E-state index in [0.717, 1.165) is 19.4 Å². The Bertz CT molecular complexity index is 441. The molecule has 0 saturated carbocycles. The molecule has 0 spiro atoms. The standard InChI is InChI=1S/C11H15N3O2/c12-7-8-3-2-6-14(8)11(16)9-4-1-5-10(15)13-9/h1,4-5,8H,2-3,6-7,12H2,(H,13,15). The van der Waals surface area contributed by atoms with Crippen LogP contribution in [0, 0.1) is 0 Å². The number of hydrogen-bond acceptors (Lipinski definition) is 3. The summed E-state index contributed by atoms with van der Waals surface area (Å²) >= 11 is 0. The maximum Gasteiger partial charge on any atom is 0.270 e. The molecular formula is C11H15N3O2. The molecule has 5 nitrogen and oxygen atoms in total. The van der Waals surface area contributed by atoms with Crippen molar-refractivity contribution in [1.29, 1.82) is 0 Å². The molecule has 86 valence electrons. The average molecular weight is 221 g/mol. The molecule has 0 radical (unpaired) electrons. The predicted molar refractivity (Wildman–Crippen MR) is 60.2 cm³/mol. The number of carbonyl (C=O) groups is 1. The van der Waals surface area contributed by atoms with Gasteiger partial charge in [0.15, 0.2) is 0 Å². The Morgan fingerprint density at radius 1 is 1.56 bits per heavy atom. The van der Waals surface area contributed by atoms with Gasteiger partial charge in [0, 0.05) is 25.2 Å². The summed E-state index contributed by atoms with van der Waals surface area (Å²) in [7, 11) is 0. The normalized spacial score (nSPS) is 20.1. The summed E-state index contributed by atoms with van der Waals surface area (Å²) in [6, 6.07) is 4.70. The summed E-state index contributed by atoms with van der Waals surface area (Å²) in [5.41, 5.74) is 5.69. The van der Waals surface area contributed by atoms with Gasteiger partial charge in [-0.25, -0.2) is 0 Å². The smallest absolute Gasteiger partial charge is 0.270 e. The second kappa shape index (κ2) is 4.49. The summed E-state index contributed by atoms with van der Waals surface area (Å²) < 4.78 is 0. The van der Waals surface area contributed by atoms with Crippen LogP contribution in [-0.2, 0) is 0 Å². The van der Waals surface area contributed by atoms with E-state index in [1.807, 2.05) is 0 Å². The number of nitrogens with two attached hydrogens (primary N) is 1. The lowest BCUT2D eigenvalue weighted by Gasteiger charge is -2.23. The first-order chi connectivity index (χ1) is 7.72. The zero-order valence-electron chi connectivity index (χ0n) is 8.98. The quantitative estimate of drug-likeness (QED) is 0.734. The number of carbonyl (C=O) groups excluding carboxylic acids is 1. The minimum absolute atomic E-state index is 0.108. The van der Waals surface area contributed by atoms with E-state index in [-0.39, 0.29) is 17.5 Å². The highest BCUT2D eigenvalue weighted by atomic mass is 16.2. The van der Waals surface area contributed by atoms with Crippen molar-refractivity contribution in [2.24, 2.45) is 5.73 Å². The van der Waals surface area contributed by atoms with Gasteiger partial charge < -0.3 is 15.6 Å². The van der Waals surface area contributed by atoms with Crippen LogP contribution in [0.4, 0.5) is 0 Å². The third-order valence-electron chi connectivity index (χ3n) is 2.91. The largest absolute Gasteiger partial charge is 0.333 e. The first kappa shape index (κ1) is 10.9. The fourth-order valence-corrected chi connectivity index (χ4v) is 2.08. The number of likely N-dealkylation sites (tertiary alicyclic amines) is 1. The number of rotatable bonds is 2. The molecule has 1 atom stereocenters. The van der Waals surface area contributed by atoms with E-state index in [4.69, 9.17) is 5.73 Å². The molecule has 1 amide bonds. The Balaban J connectivity index is 2.22. The van der Waals surface area contributed by atoms with Crippen LogP contribution in [0.1, 0.15) is 23.3 Å². The highest BCUT2D eigenvalue weighted by Gasteiger charge is 2.28. The third kappa shape index (κ3) is 1.99. The zero-order chi connectivity index (χ0) is 11.5. The van der Waals surface area contributed by atoms with Gasteiger partial charge in [-0.15, -0.1) is 0 Å². The maximum absolute atomic E-state index is 12.1. The monoisotopic (exact) mass is 221 g/mol. The van der Waals surface area contributed by atoms with Gasteiger partial charge >= 0.3 is 0 Å². The highest BCUT2D eigenvalue weighted by molar-refractivity contribution is 5.92. The van der Waals surface area contributed by atoms with Crippen molar-refractivity contribution in [3.05, 3.63) is 34.2 Å². The second-order valence-electron chi connectivity index (χ2n) is 3.96. The number of amides is 1. The van der Waals surface area contributed by atoms with Gasteiger partial charge in [-0.1, -0.05) is 6.07 Å². The fraction of sp³-hybridized carbons (Fsp3) is 0.455. The number of hydrogen-bond donors (Lipinski definition) is 2. The lowest BCUT2D eigenvalue weighted by molar-refractivity contribution is 0.0735. The first-order valence-corrected chi connectivity index (χ1v) is 5.43. The van der Waals surface area contributed by atoms with Crippen molar-refractivity contribution >= 4 is 5.91 Å². The van der Waals surface area contributed by atoms with Crippen LogP contribution in [0.15, 0.2) is 23.0 Å². The molecule has 5 heteroatoms. The predicted octanol–water partition coefficient (Wildman–Crippen LogP) is -0.0618. The van der Waals surface area contributed by atoms with Gasteiger partial charge in [0.25, 0.3) is 5.91 Å². The molecule has 2 rings (SSSR count). The summed E-state index contributed by atoms with van der Waals surface area (Å²) in [4.78, 5) is 27.5. The average Bonchev–Trinajstić information content (AvgIpc) is 2.76. The third-order valence-corrected chi connectivity index (χ3v) is 2.91. The van der Waals surface area contributed by atoms with E-state index >= 15 is 0 Å². The van der Waals surface area contributed by atoms with Crippen LogP contribution in [0.3, 0.4) is 0 Å². The molecule has 1 unspecified atom stereocenters. The van der Waals surface area contributed by atoms with E-state index in [1.54, 1.807) is 17.0 Å². The second-order valence-corrected chi connectivity index (χ2v) is 3.96. The number of nitrogens with one attached hydrogen (secondary N) is 1. The van der Waals surface area contributed by atoms with Gasteiger partial charge in [-0.2, -0.15) is 0 Å². The van der Waals surface area contributed by atoms with Crippen molar-refractivity contribution in [2.45, 2.75) is 18.9 Å². The summed E-state index contributed by atoms with van der Waals surface area (Å²) in [6.07, 6.45) is 1.92. The molecular weight excluding hydrogens is 206 g/mol. The minimum atomic E-state index is -0.255. The van der Waals surface area contributed by atoms with Crippen molar-refractivity contribution in [3.8, 4) is 0 Å². The van der Waals surface area contributed by atoms with Gasteiger partial charge in [0.2, 0.25) is 5.56 Å². The minimum Gasteiger partial charge on any atom is -0.333 e. The Morgan fingerprint density at radius 2 is 2.38 bits per heavy atom. The summed E-state index contributed by atoms with van der Waals surface area (Å²) in [6.45, 7) is 1.19. The zero-order valence-corrected chi connectivity index (χ0v) is 8.98. The molecule has 0 bridgehead atoms. The SMILES string of the molecule is NCC1CCCN1C(=O)c1cccc(=O)[nH]1. The van der Waals surface area contributed by atoms with Crippen LogP contribution in [-0.4, -0.2) is 34.9 Å². The molecule has 1 aliphatic heterocycles. The van der Waals surface area contributed by atoms with Crippen LogP contribution < -0.4 is 11.3 Å². The van der Waals surface area contributed by atoms with E-state index in [0.29, 0.717) is 12.2 Å². The van der Waals surface area contributed by atoms with E-state index in [9.17, 15) is 9.59 Å². The molecule has 1 aliphatic rings. The van der Waals surface area contributed by atoms with Gasteiger partial charge in [-0.3, -0.25) is 9.59 Å². The lowest BCUT2D eigenvalue weighted by Crippen LogP contribution is -2.40. The van der Waals surface area contributed by atoms with E-state index in [2.05, 4.69) is 4.98 Å². The first-order valence-electron chi connectivity index (χ1n) is 5.43. The number of H-pyrrole nitrogens is 1. The Hall–Kier alpha value is -1.62. The molecule has 1 saturated heterocycles. The number of pyridine rings is 1. The lowest BCUT2D eigenvalue weighted by atomic mass is 10.2. The molecule has 3 N–H and O–H groups in total. The van der Waals surface area contributed by atoms with Crippen molar-refractivity contribution in [2.75, 3.05) is 13.1 Å². The van der Waals surface area contributed by atoms with Gasteiger partial charge in [0.05, 0.1) is 0 Å². The summed E-state index contributed by atoms with van der Waals surface area (Å²) in [5.74, 6) is -0.134. The molecule has 0 aromatic carbocycles. The van der Waals surface area contributed by atoms with Crippen molar-refractivity contribution < 1.29 is 4.79 Å². The number of nitrogens with zero attached hydrogens (tertiary/aromatic N) is 1. The Labute approximate surface area is 93.3 Å². The fourth-order valence-electron chi connectivity index (χ4n) is 2.08. The Morgan fingerprint density at radius 3 is 3.06 bits per heavy atom.